The molecule has 6 heteroatoms. The summed E-state index contributed by atoms with van der Waals surface area (Å²) in [4.78, 5) is 27.7. The number of urea groups is 1. The van der Waals surface area contributed by atoms with Gasteiger partial charge in [0, 0.05) is 26.2 Å². The molecule has 2 aliphatic rings. The van der Waals surface area contributed by atoms with Crippen LogP contribution < -0.4 is 5.32 Å². The van der Waals surface area contributed by atoms with Gasteiger partial charge in [-0.25, -0.2) is 4.79 Å². The summed E-state index contributed by atoms with van der Waals surface area (Å²) >= 11 is 0. The molecule has 0 saturated carbocycles. The summed E-state index contributed by atoms with van der Waals surface area (Å²) in [6, 6.07) is -0.582. The van der Waals surface area contributed by atoms with Gasteiger partial charge in [-0.3, -0.25) is 4.79 Å². The molecule has 0 aromatic carbocycles. The van der Waals surface area contributed by atoms with E-state index in [2.05, 4.69) is 5.32 Å². The number of carbonyl (C=O) groups is 2. The third kappa shape index (κ3) is 3.83. The zero-order valence-corrected chi connectivity index (χ0v) is 11.6. The number of ether oxygens (including phenoxy) is 1. The van der Waals surface area contributed by atoms with Crippen molar-refractivity contribution in [2.24, 2.45) is 0 Å². The molecule has 2 rings (SSSR count). The Hall–Kier alpha value is -1.30. The standard InChI is InChI=1S/C13H23N3O3/c1-11(12(17)15-7-9-19-10-8-15)14-13(18)16-5-3-2-4-6-16/h11H,2-10H2,1H3,(H,14,18). The summed E-state index contributed by atoms with van der Waals surface area (Å²) in [5.41, 5.74) is 0. The van der Waals surface area contributed by atoms with Gasteiger partial charge >= 0.3 is 6.03 Å². The Labute approximate surface area is 114 Å². The van der Waals surface area contributed by atoms with E-state index in [1.165, 1.54) is 6.42 Å². The molecule has 0 radical (unpaired) electrons. The molecule has 2 saturated heterocycles. The molecule has 3 amide bonds. The molecule has 0 spiro atoms. The average Bonchev–Trinajstić information content (AvgIpc) is 2.48. The highest BCUT2D eigenvalue weighted by atomic mass is 16.5. The Morgan fingerprint density at radius 1 is 1.00 bits per heavy atom. The topological polar surface area (TPSA) is 61.9 Å². The minimum absolute atomic E-state index is 0.0198. The smallest absolute Gasteiger partial charge is 0.318 e. The Morgan fingerprint density at radius 2 is 1.63 bits per heavy atom. The van der Waals surface area contributed by atoms with Crippen LogP contribution in [-0.2, 0) is 9.53 Å². The van der Waals surface area contributed by atoms with Crippen LogP contribution in [0.1, 0.15) is 26.2 Å². The summed E-state index contributed by atoms with van der Waals surface area (Å²) < 4.78 is 5.22. The molecule has 1 N–H and O–H groups in total. The number of amides is 3. The predicted molar refractivity (Wildman–Crippen MR) is 70.8 cm³/mol. The highest BCUT2D eigenvalue weighted by Gasteiger charge is 2.25. The summed E-state index contributed by atoms with van der Waals surface area (Å²) in [6.07, 6.45) is 3.30. The van der Waals surface area contributed by atoms with E-state index in [0.29, 0.717) is 26.3 Å². The first-order valence-electron chi connectivity index (χ1n) is 7.10. The van der Waals surface area contributed by atoms with Crippen LogP contribution >= 0.6 is 0 Å². The fourth-order valence-electron chi connectivity index (χ4n) is 2.49. The molecule has 1 unspecified atom stereocenters. The maximum atomic E-state index is 12.2. The Morgan fingerprint density at radius 3 is 2.26 bits per heavy atom. The second-order valence-corrected chi connectivity index (χ2v) is 5.16. The number of nitrogens with one attached hydrogen (secondary N) is 1. The van der Waals surface area contributed by atoms with Crippen LogP contribution in [0.25, 0.3) is 0 Å². The van der Waals surface area contributed by atoms with E-state index >= 15 is 0 Å². The lowest BCUT2D eigenvalue weighted by atomic mass is 10.1. The molecule has 0 aromatic heterocycles. The van der Waals surface area contributed by atoms with E-state index in [0.717, 1.165) is 25.9 Å². The molecule has 1 atom stereocenters. The van der Waals surface area contributed by atoms with Gasteiger partial charge in [0.15, 0.2) is 0 Å². The average molecular weight is 269 g/mol. The van der Waals surface area contributed by atoms with E-state index in [-0.39, 0.29) is 11.9 Å². The first-order valence-corrected chi connectivity index (χ1v) is 7.10. The fraction of sp³-hybridized carbons (Fsp3) is 0.846. The van der Waals surface area contributed by atoms with Crippen LogP contribution in [0, 0.1) is 0 Å². The quantitative estimate of drug-likeness (QED) is 0.791. The molecule has 6 nitrogen and oxygen atoms in total. The summed E-state index contributed by atoms with van der Waals surface area (Å²) in [6.45, 7) is 5.73. The number of hydrogen-bond donors (Lipinski definition) is 1. The van der Waals surface area contributed by atoms with Crippen LogP contribution in [0.4, 0.5) is 4.79 Å². The normalized spacial score (nSPS) is 21.9. The number of likely N-dealkylation sites (tertiary alicyclic amines) is 1. The molecule has 108 valence electrons. The largest absolute Gasteiger partial charge is 0.378 e. The zero-order valence-electron chi connectivity index (χ0n) is 11.6. The van der Waals surface area contributed by atoms with Gasteiger partial charge in [-0.15, -0.1) is 0 Å². The van der Waals surface area contributed by atoms with Crippen molar-refractivity contribution < 1.29 is 14.3 Å². The van der Waals surface area contributed by atoms with Crippen molar-refractivity contribution in [1.82, 2.24) is 15.1 Å². The molecule has 0 aromatic rings. The Bertz CT molecular complexity index is 323. The zero-order chi connectivity index (χ0) is 13.7. The van der Waals surface area contributed by atoms with Gasteiger partial charge in [-0.05, 0) is 26.2 Å². The lowest BCUT2D eigenvalue weighted by molar-refractivity contribution is -0.136. The van der Waals surface area contributed by atoms with Gasteiger partial charge in [0.25, 0.3) is 0 Å². The van der Waals surface area contributed by atoms with Crippen molar-refractivity contribution in [3.8, 4) is 0 Å². The SMILES string of the molecule is CC(NC(=O)N1CCCCC1)C(=O)N1CCOCC1. The van der Waals surface area contributed by atoms with Gasteiger partial charge < -0.3 is 19.9 Å². The van der Waals surface area contributed by atoms with Gasteiger partial charge in [-0.1, -0.05) is 0 Å². The first kappa shape index (κ1) is 14.1. The first-order chi connectivity index (χ1) is 9.18. The van der Waals surface area contributed by atoms with Crippen LogP contribution in [0.5, 0.6) is 0 Å². The molecule has 2 fully saturated rings. The maximum Gasteiger partial charge on any atom is 0.318 e. The number of rotatable bonds is 2. The molecule has 2 aliphatic heterocycles. The van der Waals surface area contributed by atoms with Crippen LogP contribution in [-0.4, -0.2) is 67.2 Å². The third-order valence-electron chi connectivity index (χ3n) is 3.68. The van der Waals surface area contributed by atoms with E-state index in [9.17, 15) is 9.59 Å². The van der Waals surface area contributed by atoms with Crippen LogP contribution in [0.15, 0.2) is 0 Å². The lowest BCUT2D eigenvalue weighted by Gasteiger charge is -2.31. The highest BCUT2D eigenvalue weighted by molar-refractivity contribution is 5.86. The van der Waals surface area contributed by atoms with Crippen LogP contribution in [0.2, 0.25) is 0 Å². The van der Waals surface area contributed by atoms with E-state index in [1.54, 1.807) is 16.7 Å². The van der Waals surface area contributed by atoms with Crippen molar-refractivity contribution in [2.45, 2.75) is 32.2 Å². The van der Waals surface area contributed by atoms with E-state index in [4.69, 9.17) is 4.74 Å². The van der Waals surface area contributed by atoms with Crippen molar-refractivity contribution in [2.75, 3.05) is 39.4 Å². The van der Waals surface area contributed by atoms with Gasteiger partial charge in [0.2, 0.25) is 5.91 Å². The highest BCUT2D eigenvalue weighted by Crippen LogP contribution is 2.09. The van der Waals surface area contributed by atoms with Crippen molar-refractivity contribution in [1.29, 1.82) is 0 Å². The van der Waals surface area contributed by atoms with Crippen molar-refractivity contribution in [3.63, 3.8) is 0 Å². The molecule has 0 aliphatic carbocycles. The predicted octanol–water partition coefficient (Wildman–Crippen LogP) is 0.429. The van der Waals surface area contributed by atoms with E-state index < -0.39 is 6.04 Å². The summed E-state index contributed by atoms with van der Waals surface area (Å²) in [5, 5.41) is 2.80. The van der Waals surface area contributed by atoms with Gasteiger partial charge in [-0.2, -0.15) is 0 Å². The molecular formula is C13H23N3O3. The monoisotopic (exact) mass is 269 g/mol. The maximum absolute atomic E-state index is 12.2. The number of morpholine rings is 1. The van der Waals surface area contributed by atoms with Gasteiger partial charge in [0.05, 0.1) is 13.2 Å². The Balaban J connectivity index is 1.80. The number of nitrogens with zero attached hydrogens (tertiary/aromatic N) is 2. The molecule has 2 heterocycles. The second-order valence-electron chi connectivity index (χ2n) is 5.16. The molecule has 0 bridgehead atoms. The van der Waals surface area contributed by atoms with Crippen LogP contribution in [0.3, 0.4) is 0 Å². The minimum atomic E-state index is -0.465. The van der Waals surface area contributed by atoms with Crippen molar-refractivity contribution >= 4 is 11.9 Å². The Kier molecular flexibility index (Phi) is 5.01. The lowest BCUT2D eigenvalue weighted by Crippen LogP contribution is -2.53. The molecule has 19 heavy (non-hydrogen) atoms. The summed E-state index contributed by atoms with van der Waals surface area (Å²) in [5.74, 6) is -0.0198. The second kappa shape index (κ2) is 6.75. The third-order valence-corrected chi connectivity index (χ3v) is 3.68. The number of carbonyl (C=O) groups excluding carboxylic acids is 2. The number of hydrogen-bond acceptors (Lipinski definition) is 3. The van der Waals surface area contributed by atoms with E-state index in [1.807, 2.05) is 0 Å². The fourth-order valence-corrected chi connectivity index (χ4v) is 2.49. The van der Waals surface area contributed by atoms with Crippen molar-refractivity contribution in [3.05, 3.63) is 0 Å². The number of piperidine rings is 1. The minimum Gasteiger partial charge on any atom is -0.378 e. The molecular weight excluding hydrogens is 246 g/mol. The van der Waals surface area contributed by atoms with Gasteiger partial charge in [0.1, 0.15) is 6.04 Å². The summed E-state index contributed by atoms with van der Waals surface area (Å²) in [7, 11) is 0.